The fraction of sp³-hybridized carbons (Fsp3) is 0.727. The van der Waals surface area contributed by atoms with Gasteiger partial charge in [-0.3, -0.25) is 4.79 Å². The van der Waals surface area contributed by atoms with Crippen molar-refractivity contribution in [3.63, 3.8) is 0 Å². The maximum absolute atomic E-state index is 11.9. The highest BCUT2D eigenvalue weighted by molar-refractivity contribution is 5.82. The summed E-state index contributed by atoms with van der Waals surface area (Å²) in [6.45, 7) is 3.51. The Morgan fingerprint density at radius 3 is 2.95 bits per heavy atom. The van der Waals surface area contributed by atoms with Crippen LogP contribution in [0.15, 0.2) is 5.11 Å². The van der Waals surface area contributed by atoms with E-state index in [1.807, 2.05) is 0 Å². The smallest absolute Gasteiger partial charge is 0.250 e. The van der Waals surface area contributed by atoms with Crippen molar-refractivity contribution in [1.82, 2.24) is 5.32 Å². The number of hydrogen-bond acceptors (Lipinski definition) is 5. The fourth-order valence-electron chi connectivity index (χ4n) is 2.13. The van der Waals surface area contributed by atoms with Crippen molar-refractivity contribution in [3.05, 3.63) is 10.4 Å². The summed E-state index contributed by atoms with van der Waals surface area (Å²) in [4.78, 5) is 14.6. The lowest BCUT2D eigenvalue weighted by Gasteiger charge is -2.22. The van der Waals surface area contributed by atoms with Crippen LogP contribution in [0.3, 0.4) is 0 Å². The lowest BCUT2D eigenvalue weighted by Crippen LogP contribution is -2.43. The molecule has 4 atom stereocenters. The number of fused-ring (bicyclic) bond motifs is 1. The molecule has 102 valence electrons. The van der Waals surface area contributed by atoms with Gasteiger partial charge in [0.05, 0.1) is 6.54 Å². The largest absolute Gasteiger partial charge is 0.343 e. The molecule has 1 amide bonds. The maximum Gasteiger partial charge on any atom is 0.250 e. The Morgan fingerprint density at radius 2 is 2.32 bits per heavy atom. The summed E-state index contributed by atoms with van der Waals surface area (Å²) in [5.41, 5.74) is 8.59. The summed E-state index contributed by atoms with van der Waals surface area (Å²) in [6.07, 6.45) is 2.76. The summed E-state index contributed by atoms with van der Waals surface area (Å²) in [5.74, 6) is 0.995. The van der Waals surface area contributed by atoms with Crippen molar-refractivity contribution in [2.45, 2.75) is 44.2 Å². The van der Waals surface area contributed by atoms with E-state index in [4.69, 9.17) is 26.2 Å². The lowest BCUT2D eigenvalue weighted by molar-refractivity contribution is -0.207. The second-order valence-electron chi connectivity index (χ2n) is 4.64. The van der Waals surface area contributed by atoms with E-state index in [0.717, 1.165) is 0 Å². The van der Waals surface area contributed by atoms with Gasteiger partial charge in [0.2, 0.25) is 0 Å². The molecule has 1 N–H and O–H groups in total. The van der Waals surface area contributed by atoms with Crippen LogP contribution in [0.5, 0.6) is 0 Å². The molecule has 0 aromatic heterocycles. The average molecular weight is 266 g/mol. The van der Waals surface area contributed by atoms with Crippen molar-refractivity contribution in [2.75, 3.05) is 6.54 Å². The number of rotatable bonds is 3. The summed E-state index contributed by atoms with van der Waals surface area (Å²) in [6, 6.07) is -0.783. The molecule has 8 heteroatoms. The van der Waals surface area contributed by atoms with Crippen LogP contribution in [0.2, 0.25) is 0 Å². The molecule has 2 aliphatic heterocycles. The van der Waals surface area contributed by atoms with Crippen LogP contribution in [-0.2, 0) is 19.0 Å². The number of azide groups is 1. The number of amides is 1. The second kappa shape index (κ2) is 5.07. The van der Waals surface area contributed by atoms with Gasteiger partial charge >= 0.3 is 0 Å². The molecule has 2 aliphatic rings. The Hall–Kier alpha value is -1.78. The first-order chi connectivity index (χ1) is 8.98. The highest BCUT2D eigenvalue weighted by atomic mass is 16.8. The number of nitrogens with zero attached hydrogens (tertiary/aromatic N) is 3. The monoisotopic (exact) mass is 266 g/mol. The third-order valence-electron chi connectivity index (χ3n) is 2.82. The Kier molecular flexibility index (Phi) is 3.64. The molecule has 0 aromatic carbocycles. The predicted octanol–water partition coefficient (Wildman–Crippen LogP) is 0.291. The number of terminal acetylenes is 1. The molecule has 0 aliphatic carbocycles. The summed E-state index contributed by atoms with van der Waals surface area (Å²) < 4.78 is 16.5. The van der Waals surface area contributed by atoms with E-state index in [9.17, 15) is 4.79 Å². The molecule has 2 rings (SSSR count). The van der Waals surface area contributed by atoms with Gasteiger partial charge in [-0.15, -0.1) is 6.42 Å². The first kappa shape index (κ1) is 13.6. The van der Waals surface area contributed by atoms with Gasteiger partial charge in [0.1, 0.15) is 12.1 Å². The van der Waals surface area contributed by atoms with Gasteiger partial charge in [0.25, 0.3) is 5.91 Å². The quantitative estimate of drug-likeness (QED) is 0.343. The topological polar surface area (TPSA) is 106 Å². The summed E-state index contributed by atoms with van der Waals surface area (Å²) in [7, 11) is 0. The van der Waals surface area contributed by atoms with Crippen LogP contribution in [0.25, 0.3) is 10.4 Å². The number of ether oxygens (including phenoxy) is 3. The van der Waals surface area contributed by atoms with Crippen molar-refractivity contribution in [3.8, 4) is 12.3 Å². The van der Waals surface area contributed by atoms with Crippen molar-refractivity contribution < 1.29 is 19.0 Å². The van der Waals surface area contributed by atoms with Crippen LogP contribution >= 0.6 is 0 Å². The van der Waals surface area contributed by atoms with Gasteiger partial charge in [-0.2, -0.15) is 0 Å². The average Bonchev–Trinajstić information content (AvgIpc) is 2.80. The zero-order valence-corrected chi connectivity index (χ0v) is 10.6. The number of carbonyl (C=O) groups is 1. The molecule has 0 spiro atoms. The normalized spacial score (nSPS) is 35.0. The van der Waals surface area contributed by atoms with Gasteiger partial charge in [-0.05, 0) is 19.4 Å². The molecule has 0 aromatic rings. The molecule has 19 heavy (non-hydrogen) atoms. The Morgan fingerprint density at radius 1 is 1.58 bits per heavy atom. The Labute approximate surface area is 110 Å². The molecule has 0 bridgehead atoms. The molecule has 2 heterocycles. The van der Waals surface area contributed by atoms with Crippen LogP contribution < -0.4 is 5.32 Å². The number of carbonyl (C=O) groups excluding carboxylic acids is 1. The molecule has 0 radical (unpaired) electrons. The molecule has 2 fully saturated rings. The van der Waals surface area contributed by atoms with Gasteiger partial charge in [0, 0.05) is 4.91 Å². The van der Waals surface area contributed by atoms with Crippen LogP contribution in [0.4, 0.5) is 0 Å². The van der Waals surface area contributed by atoms with E-state index in [-0.39, 0.29) is 6.54 Å². The highest BCUT2D eigenvalue weighted by Gasteiger charge is 2.56. The fourth-order valence-corrected chi connectivity index (χ4v) is 2.13. The van der Waals surface area contributed by atoms with Crippen molar-refractivity contribution >= 4 is 5.91 Å². The molecular formula is C11H14N4O4. The van der Waals surface area contributed by atoms with Crippen molar-refractivity contribution in [1.29, 1.82) is 0 Å². The Bertz CT molecular complexity index is 466. The molecule has 8 nitrogen and oxygen atoms in total. The van der Waals surface area contributed by atoms with E-state index in [1.165, 1.54) is 0 Å². The molecular weight excluding hydrogens is 252 g/mol. The van der Waals surface area contributed by atoms with Crippen LogP contribution in [0, 0.1) is 12.3 Å². The van der Waals surface area contributed by atoms with E-state index >= 15 is 0 Å². The zero-order chi connectivity index (χ0) is 14.0. The molecule has 2 saturated heterocycles. The first-order valence-corrected chi connectivity index (χ1v) is 5.75. The lowest BCUT2D eigenvalue weighted by atomic mass is 10.1. The Balaban J connectivity index is 2.13. The third kappa shape index (κ3) is 2.64. The third-order valence-corrected chi connectivity index (χ3v) is 2.82. The van der Waals surface area contributed by atoms with E-state index < -0.39 is 36.2 Å². The molecule has 0 saturated carbocycles. The highest BCUT2D eigenvalue weighted by Crippen LogP contribution is 2.38. The predicted molar refractivity (Wildman–Crippen MR) is 63.5 cm³/mol. The summed E-state index contributed by atoms with van der Waals surface area (Å²) >= 11 is 0. The van der Waals surface area contributed by atoms with Gasteiger partial charge < -0.3 is 19.5 Å². The molecule has 0 unspecified atom stereocenters. The standard InChI is InChI=1S/C11H14N4O4/c1-4-5-13-9(16)7-6(14-15-12)8-10(17-7)19-11(2,3)18-8/h1,6-8,10H,5H2,2-3H3,(H,13,16)/t6-,7-,8+,10+/m0/s1. The van der Waals surface area contributed by atoms with Crippen LogP contribution in [0.1, 0.15) is 13.8 Å². The van der Waals surface area contributed by atoms with Gasteiger partial charge in [-0.1, -0.05) is 11.0 Å². The number of hydrogen-bond donors (Lipinski definition) is 1. The zero-order valence-electron chi connectivity index (χ0n) is 10.6. The van der Waals surface area contributed by atoms with E-state index in [1.54, 1.807) is 13.8 Å². The maximum atomic E-state index is 11.9. The van der Waals surface area contributed by atoms with Gasteiger partial charge in [-0.25, -0.2) is 0 Å². The summed E-state index contributed by atoms with van der Waals surface area (Å²) in [5, 5.41) is 6.06. The SMILES string of the molecule is C#CCNC(=O)[C@H]1O[C@@H]2OC(C)(C)O[C@@H]2[C@H]1N=[N+]=[N-]. The van der Waals surface area contributed by atoms with E-state index in [2.05, 4.69) is 21.3 Å². The van der Waals surface area contributed by atoms with E-state index in [0.29, 0.717) is 0 Å². The number of nitrogens with one attached hydrogen (secondary N) is 1. The first-order valence-electron chi connectivity index (χ1n) is 5.75. The minimum absolute atomic E-state index is 0.0736. The second-order valence-corrected chi connectivity index (χ2v) is 4.64. The minimum atomic E-state index is -0.963. The van der Waals surface area contributed by atoms with Crippen molar-refractivity contribution in [2.24, 2.45) is 5.11 Å². The van der Waals surface area contributed by atoms with Gasteiger partial charge in [0.15, 0.2) is 18.2 Å². The minimum Gasteiger partial charge on any atom is -0.343 e. The van der Waals surface area contributed by atoms with Crippen LogP contribution in [-0.4, -0.2) is 42.8 Å².